The van der Waals surface area contributed by atoms with E-state index in [1.54, 1.807) is 24.7 Å². The van der Waals surface area contributed by atoms with Crippen molar-refractivity contribution in [2.24, 2.45) is 0 Å². The molecule has 0 fully saturated rings. The van der Waals surface area contributed by atoms with Gasteiger partial charge in [0, 0.05) is 18.5 Å². The molecular weight excluding hydrogens is 230 g/mol. The Kier molecular flexibility index (Phi) is 2.13. The van der Waals surface area contributed by atoms with Gasteiger partial charge < -0.3 is 5.73 Å². The first kappa shape index (κ1) is 10.2. The van der Waals surface area contributed by atoms with Crippen LogP contribution in [0.5, 0.6) is 0 Å². The molecule has 3 aromatic rings. The summed E-state index contributed by atoms with van der Waals surface area (Å²) in [5.41, 5.74) is 7.91. The van der Waals surface area contributed by atoms with Crippen LogP contribution >= 0.6 is 0 Å². The van der Waals surface area contributed by atoms with Crippen molar-refractivity contribution in [3.8, 4) is 17.5 Å². The molecule has 0 unspecified atom stereocenters. The minimum atomic E-state index is 0.262. The van der Waals surface area contributed by atoms with Gasteiger partial charge in [0.25, 0.3) is 0 Å². The molecule has 7 nitrogen and oxygen atoms in total. The van der Waals surface area contributed by atoms with Crippen LogP contribution < -0.4 is 5.73 Å². The number of hydrogen-bond donors (Lipinski definition) is 1. The van der Waals surface area contributed by atoms with Crippen LogP contribution in [0.3, 0.4) is 0 Å². The summed E-state index contributed by atoms with van der Waals surface area (Å²) in [6.07, 6.45) is 6.19. The smallest absolute Gasteiger partial charge is 0.158 e. The first-order chi connectivity index (χ1) is 8.79. The van der Waals surface area contributed by atoms with E-state index in [0.29, 0.717) is 17.0 Å². The Morgan fingerprint density at radius 3 is 2.78 bits per heavy atom. The molecule has 3 rings (SSSR count). The lowest BCUT2D eigenvalue weighted by molar-refractivity contribution is 0.947. The number of anilines is 1. The van der Waals surface area contributed by atoms with Gasteiger partial charge in [-0.05, 0) is 0 Å². The molecule has 0 aliphatic carbocycles. The zero-order valence-electron chi connectivity index (χ0n) is 9.15. The molecule has 2 N–H and O–H groups in total. The summed E-state index contributed by atoms with van der Waals surface area (Å²) in [5.74, 6) is 0.262. The van der Waals surface area contributed by atoms with Gasteiger partial charge in [0.2, 0.25) is 0 Å². The largest absolute Gasteiger partial charge is 0.382 e. The van der Waals surface area contributed by atoms with Gasteiger partial charge in [0.05, 0.1) is 12.4 Å². The maximum absolute atomic E-state index is 8.87. The van der Waals surface area contributed by atoms with Crippen LogP contribution in [0.1, 0.15) is 5.56 Å². The normalized spacial score (nSPS) is 10.4. The molecule has 3 aromatic heterocycles. The van der Waals surface area contributed by atoms with Crippen molar-refractivity contribution in [2.45, 2.75) is 0 Å². The number of aromatic nitrogens is 5. The van der Waals surface area contributed by atoms with Crippen LogP contribution in [-0.2, 0) is 0 Å². The van der Waals surface area contributed by atoms with E-state index in [1.165, 1.54) is 10.7 Å². The van der Waals surface area contributed by atoms with E-state index in [0.717, 1.165) is 0 Å². The number of nitrogens with two attached hydrogens (primary N) is 1. The zero-order chi connectivity index (χ0) is 12.5. The van der Waals surface area contributed by atoms with Crippen molar-refractivity contribution >= 4 is 11.5 Å². The second-order valence-corrected chi connectivity index (χ2v) is 3.56. The Labute approximate surface area is 102 Å². The lowest BCUT2D eigenvalue weighted by Gasteiger charge is -1.98. The Balaban J connectivity index is 2.24. The molecular formula is C11H7N7. The quantitative estimate of drug-likeness (QED) is 0.665. The number of fused-ring (bicyclic) bond motifs is 1. The highest BCUT2D eigenvalue weighted by atomic mass is 15.3. The van der Waals surface area contributed by atoms with E-state index in [2.05, 4.69) is 20.1 Å². The second-order valence-electron chi connectivity index (χ2n) is 3.56. The van der Waals surface area contributed by atoms with Gasteiger partial charge >= 0.3 is 0 Å². The summed E-state index contributed by atoms with van der Waals surface area (Å²) in [5, 5.41) is 13.1. The Hall–Kier alpha value is -3.01. The predicted molar refractivity (Wildman–Crippen MR) is 63.1 cm³/mol. The molecule has 0 spiro atoms. The third-order valence-electron chi connectivity index (χ3n) is 2.47. The maximum atomic E-state index is 8.87. The number of nitrogens with zero attached hydrogens (tertiary/aromatic N) is 6. The van der Waals surface area contributed by atoms with Crippen molar-refractivity contribution in [3.63, 3.8) is 0 Å². The van der Waals surface area contributed by atoms with Crippen LogP contribution in [0.4, 0.5) is 5.82 Å². The SMILES string of the molecule is N#Cc1cnc2cc(-c3cnccn3)nn2c1N. The third-order valence-corrected chi connectivity index (χ3v) is 2.47. The van der Waals surface area contributed by atoms with Gasteiger partial charge in [-0.25, -0.2) is 4.98 Å². The van der Waals surface area contributed by atoms with E-state index in [4.69, 9.17) is 11.0 Å². The van der Waals surface area contributed by atoms with E-state index in [1.807, 2.05) is 6.07 Å². The zero-order valence-corrected chi connectivity index (χ0v) is 9.15. The van der Waals surface area contributed by atoms with Gasteiger partial charge in [-0.2, -0.15) is 14.9 Å². The Morgan fingerprint density at radius 2 is 2.06 bits per heavy atom. The van der Waals surface area contributed by atoms with Crippen LogP contribution in [-0.4, -0.2) is 24.6 Å². The molecule has 0 bridgehead atoms. The topological polar surface area (TPSA) is 106 Å². The van der Waals surface area contributed by atoms with Gasteiger partial charge in [-0.3, -0.25) is 9.97 Å². The van der Waals surface area contributed by atoms with Crippen molar-refractivity contribution in [1.29, 1.82) is 5.26 Å². The van der Waals surface area contributed by atoms with E-state index in [-0.39, 0.29) is 11.4 Å². The van der Waals surface area contributed by atoms with Crippen molar-refractivity contribution in [2.75, 3.05) is 5.73 Å². The summed E-state index contributed by atoms with van der Waals surface area (Å²) >= 11 is 0. The van der Waals surface area contributed by atoms with E-state index < -0.39 is 0 Å². The van der Waals surface area contributed by atoms with E-state index >= 15 is 0 Å². The summed E-state index contributed by atoms with van der Waals surface area (Å²) in [4.78, 5) is 12.2. The number of rotatable bonds is 1. The average Bonchev–Trinajstić information content (AvgIpc) is 2.85. The van der Waals surface area contributed by atoms with Crippen LogP contribution in [0.25, 0.3) is 17.0 Å². The van der Waals surface area contributed by atoms with Crippen LogP contribution in [0.15, 0.2) is 30.9 Å². The third kappa shape index (κ3) is 1.44. The maximum Gasteiger partial charge on any atom is 0.158 e. The molecule has 86 valence electrons. The minimum Gasteiger partial charge on any atom is -0.382 e. The van der Waals surface area contributed by atoms with E-state index in [9.17, 15) is 0 Å². The molecule has 0 amide bonds. The number of hydrogen-bond acceptors (Lipinski definition) is 6. The van der Waals surface area contributed by atoms with Gasteiger partial charge in [0.1, 0.15) is 28.8 Å². The molecule has 0 radical (unpaired) electrons. The summed E-state index contributed by atoms with van der Waals surface area (Å²) in [6, 6.07) is 3.70. The van der Waals surface area contributed by atoms with Crippen molar-refractivity contribution in [3.05, 3.63) is 36.4 Å². The standard InChI is InChI=1S/C11H7N7/c12-4-7-5-16-10-3-8(17-18(10)11(7)13)9-6-14-1-2-15-9/h1-3,5-6H,13H2. The summed E-state index contributed by atoms with van der Waals surface area (Å²) < 4.78 is 1.42. The van der Waals surface area contributed by atoms with Crippen LogP contribution in [0, 0.1) is 11.3 Å². The second kappa shape index (κ2) is 3.78. The Morgan fingerprint density at radius 1 is 1.17 bits per heavy atom. The van der Waals surface area contributed by atoms with Gasteiger partial charge in [-0.1, -0.05) is 0 Å². The van der Waals surface area contributed by atoms with Crippen molar-refractivity contribution < 1.29 is 0 Å². The van der Waals surface area contributed by atoms with Crippen molar-refractivity contribution in [1.82, 2.24) is 24.6 Å². The monoisotopic (exact) mass is 237 g/mol. The fourth-order valence-corrected chi connectivity index (χ4v) is 1.59. The molecule has 18 heavy (non-hydrogen) atoms. The molecule has 0 aliphatic heterocycles. The highest BCUT2D eigenvalue weighted by Crippen LogP contribution is 2.18. The first-order valence-electron chi connectivity index (χ1n) is 5.10. The molecule has 3 heterocycles. The average molecular weight is 237 g/mol. The fourth-order valence-electron chi connectivity index (χ4n) is 1.59. The number of nitrogen functional groups attached to an aromatic ring is 1. The molecule has 7 heteroatoms. The molecule has 0 saturated heterocycles. The molecule has 0 atom stereocenters. The first-order valence-corrected chi connectivity index (χ1v) is 5.10. The highest BCUT2D eigenvalue weighted by Gasteiger charge is 2.10. The molecule has 0 saturated carbocycles. The van der Waals surface area contributed by atoms with Gasteiger partial charge in [-0.15, -0.1) is 0 Å². The minimum absolute atomic E-state index is 0.262. The highest BCUT2D eigenvalue weighted by molar-refractivity contribution is 5.63. The summed E-state index contributed by atoms with van der Waals surface area (Å²) in [6.45, 7) is 0. The molecule has 0 aliphatic rings. The lowest BCUT2D eigenvalue weighted by Crippen LogP contribution is -2.02. The number of nitriles is 1. The summed E-state index contributed by atoms with van der Waals surface area (Å²) in [7, 11) is 0. The Bertz CT molecular complexity index is 754. The fraction of sp³-hybridized carbons (Fsp3) is 0. The predicted octanol–water partition coefficient (Wildman–Crippen LogP) is 0.640. The van der Waals surface area contributed by atoms with Crippen LogP contribution in [0.2, 0.25) is 0 Å². The van der Waals surface area contributed by atoms with Gasteiger partial charge in [0.15, 0.2) is 5.65 Å². The lowest BCUT2D eigenvalue weighted by atomic mass is 10.3. The molecule has 0 aromatic carbocycles.